The van der Waals surface area contributed by atoms with Crippen molar-refractivity contribution in [1.82, 2.24) is 14.8 Å². The summed E-state index contributed by atoms with van der Waals surface area (Å²) in [6, 6.07) is -1.06. The van der Waals surface area contributed by atoms with Crippen LogP contribution in [0.1, 0.15) is 6.42 Å². The van der Waals surface area contributed by atoms with E-state index in [2.05, 4.69) is 10.1 Å². The van der Waals surface area contributed by atoms with Crippen LogP contribution in [0.4, 0.5) is 11.9 Å². The van der Waals surface area contributed by atoms with Crippen LogP contribution in [0.5, 0.6) is 0 Å². The van der Waals surface area contributed by atoms with Gasteiger partial charge in [0.25, 0.3) is 0 Å². The van der Waals surface area contributed by atoms with E-state index in [9.17, 15) is 10.2 Å². The molecule has 10 nitrogen and oxygen atoms in total. The lowest BCUT2D eigenvalue weighted by atomic mass is 9.85. The molecule has 2 unspecified atom stereocenters. The quantitative estimate of drug-likeness (QED) is 0.326. The number of aliphatic hydroxyl groups excluding tert-OH is 2. The van der Waals surface area contributed by atoms with E-state index >= 15 is 0 Å². The van der Waals surface area contributed by atoms with Crippen molar-refractivity contribution < 1.29 is 14.9 Å². The van der Waals surface area contributed by atoms with Crippen molar-refractivity contribution >= 4 is 11.9 Å². The van der Waals surface area contributed by atoms with Gasteiger partial charge in [0.15, 0.2) is 0 Å². The SMILES string of the molecule is Nc1nc(N)n(CO[C@H]2C(N)C[C@@H](N)C(O)[C@H]2O)n1. The number of nitrogen functional groups attached to an aromatic ring is 2. The van der Waals surface area contributed by atoms with E-state index in [1.165, 1.54) is 4.68 Å². The van der Waals surface area contributed by atoms with Crippen LogP contribution in [0.15, 0.2) is 0 Å². The molecule has 1 aliphatic carbocycles. The number of hydrogen-bond acceptors (Lipinski definition) is 9. The summed E-state index contributed by atoms with van der Waals surface area (Å²) in [7, 11) is 0. The number of aliphatic hydroxyl groups is 2. The monoisotopic (exact) mass is 273 g/mol. The zero-order valence-electron chi connectivity index (χ0n) is 10.3. The molecule has 0 amide bonds. The number of hydrogen-bond donors (Lipinski definition) is 6. The van der Waals surface area contributed by atoms with Gasteiger partial charge in [0.2, 0.25) is 11.9 Å². The Morgan fingerprint density at radius 2 is 1.89 bits per heavy atom. The van der Waals surface area contributed by atoms with Crippen molar-refractivity contribution in [2.24, 2.45) is 11.5 Å². The second-order valence-electron chi connectivity index (χ2n) is 4.63. The zero-order valence-corrected chi connectivity index (χ0v) is 10.3. The molecule has 1 aliphatic rings. The lowest BCUT2D eigenvalue weighted by Gasteiger charge is -2.39. The van der Waals surface area contributed by atoms with E-state index in [0.717, 1.165) is 0 Å². The molecule has 5 atom stereocenters. The highest BCUT2D eigenvalue weighted by Crippen LogP contribution is 2.21. The summed E-state index contributed by atoms with van der Waals surface area (Å²) in [6.45, 7) is -0.0760. The Morgan fingerprint density at radius 3 is 2.47 bits per heavy atom. The molecule has 10 N–H and O–H groups in total. The molecule has 1 fully saturated rings. The van der Waals surface area contributed by atoms with Crippen LogP contribution in [-0.2, 0) is 11.5 Å². The number of aromatic nitrogens is 3. The van der Waals surface area contributed by atoms with Gasteiger partial charge in [-0.1, -0.05) is 0 Å². The van der Waals surface area contributed by atoms with Crippen molar-refractivity contribution in [1.29, 1.82) is 0 Å². The predicted octanol–water partition coefficient (Wildman–Crippen LogP) is -3.43. The molecular weight excluding hydrogens is 254 g/mol. The van der Waals surface area contributed by atoms with E-state index in [0.29, 0.717) is 6.42 Å². The molecule has 0 aliphatic heterocycles. The number of anilines is 2. The highest BCUT2D eigenvalue weighted by Gasteiger charge is 2.41. The van der Waals surface area contributed by atoms with Gasteiger partial charge in [0, 0.05) is 12.1 Å². The third-order valence-electron chi connectivity index (χ3n) is 3.20. The third kappa shape index (κ3) is 2.77. The summed E-state index contributed by atoms with van der Waals surface area (Å²) in [5, 5.41) is 23.4. The minimum atomic E-state index is -1.17. The summed E-state index contributed by atoms with van der Waals surface area (Å²) in [5.41, 5.74) is 22.4. The number of nitrogens with two attached hydrogens (primary N) is 4. The molecule has 19 heavy (non-hydrogen) atoms. The molecule has 1 aromatic heterocycles. The summed E-state index contributed by atoms with van der Waals surface area (Å²) in [4.78, 5) is 3.70. The van der Waals surface area contributed by atoms with Crippen LogP contribution in [0, 0.1) is 0 Å². The molecule has 1 heterocycles. The van der Waals surface area contributed by atoms with Gasteiger partial charge in [-0.25, -0.2) is 4.68 Å². The van der Waals surface area contributed by atoms with Crippen LogP contribution in [0.3, 0.4) is 0 Å². The average Bonchev–Trinajstić information content (AvgIpc) is 2.65. The number of nitrogens with zero attached hydrogens (tertiary/aromatic N) is 3. The first-order chi connectivity index (χ1) is 8.90. The smallest absolute Gasteiger partial charge is 0.241 e. The molecule has 1 saturated carbocycles. The fourth-order valence-corrected chi connectivity index (χ4v) is 2.13. The summed E-state index contributed by atoms with van der Waals surface area (Å²) in [6.07, 6.45) is -2.67. The van der Waals surface area contributed by atoms with Crippen molar-refractivity contribution in [3.8, 4) is 0 Å². The maximum atomic E-state index is 9.89. The second-order valence-corrected chi connectivity index (χ2v) is 4.63. The molecule has 0 saturated heterocycles. The van der Waals surface area contributed by atoms with E-state index in [1.807, 2.05) is 0 Å². The van der Waals surface area contributed by atoms with Crippen molar-refractivity contribution in [3.63, 3.8) is 0 Å². The fourth-order valence-electron chi connectivity index (χ4n) is 2.13. The second kappa shape index (κ2) is 5.27. The standard InChI is InChI=1S/C9H19N7O3/c10-3-1-4(11)7(6(18)5(3)17)19-2-16-9(13)14-8(12)15-16/h3-7,17-18H,1-2,10-11H2,(H4,12,13,14,15)/t3-,4?,5?,6-,7+/m1/s1. The lowest BCUT2D eigenvalue weighted by Crippen LogP contribution is -2.62. The van der Waals surface area contributed by atoms with E-state index in [-0.39, 0.29) is 18.6 Å². The maximum Gasteiger partial charge on any atom is 0.241 e. The summed E-state index contributed by atoms with van der Waals surface area (Å²) >= 11 is 0. The Balaban J connectivity index is 2.00. The minimum absolute atomic E-state index is 0.0247. The molecule has 2 rings (SSSR count). The maximum absolute atomic E-state index is 9.89. The Hall–Kier alpha value is -1.46. The van der Waals surface area contributed by atoms with Crippen LogP contribution in [-0.4, -0.2) is 55.4 Å². The van der Waals surface area contributed by atoms with E-state index < -0.39 is 30.4 Å². The Kier molecular flexibility index (Phi) is 3.87. The first-order valence-corrected chi connectivity index (χ1v) is 5.85. The molecule has 108 valence electrons. The molecular formula is C9H19N7O3. The van der Waals surface area contributed by atoms with Gasteiger partial charge >= 0.3 is 0 Å². The largest absolute Gasteiger partial charge is 0.389 e. The Labute approximate surface area is 109 Å². The summed E-state index contributed by atoms with van der Waals surface area (Å²) < 4.78 is 6.67. The van der Waals surface area contributed by atoms with Crippen LogP contribution < -0.4 is 22.9 Å². The van der Waals surface area contributed by atoms with E-state index in [1.54, 1.807) is 0 Å². The normalized spacial score (nSPS) is 35.5. The molecule has 1 aromatic rings. The fraction of sp³-hybridized carbons (Fsp3) is 0.778. The average molecular weight is 273 g/mol. The molecule has 10 heteroatoms. The summed E-state index contributed by atoms with van der Waals surface area (Å²) in [5.74, 6) is 0.116. The Bertz CT molecular complexity index is 439. The van der Waals surface area contributed by atoms with Crippen LogP contribution >= 0.6 is 0 Å². The van der Waals surface area contributed by atoms with Gasteiger partial charge in [-0.05, 0) is 6.42 Å². The predicted molar refractivity (Wildman–Crippen MR) is 66.3 cm³/mol. The van der Waals surface area contributed by atoms with Gasteiger partial charge in [-0.2, -0.15) is 4.98 Å². The van der Waals surface area contributed by atoms with Crippen molar-refractivity contribution in [2.75, 3.05) is 11.5 Å². The topological polar surface area (TPSA) is 184 Å². The van der Waals surface area contributed by atoms with Crippen LogP contribution in [0.25, 0.3) is 0 Å². The number of ether oxygens (including phenoxy) is 1. The molecule has 0 bridgehead atoms. The zero-order chi connectivity index (χ0) is 14.2. The van der Waals surface area contributed by atoms with Crippen LogP contribution in [0.2, 0.25) is 0 Å². The minimum Gasteiger partial charge on any atom is -0.389 e. The van der Waals surface area contributed by atoms with Gasteiger partial charge in [-0.3, -0.25) is 0 Å². The molecule has 0 aromatic carbocycles. The third-order valence-corrected chi connectivity index (χ3v) is 3.20. The first-order valence-electron chi connectivity index (χ1n) is 5.85. The van der Waals surface area contributed by atoms with Crippen molar-refractivity contribution in [2.45, 2.75) is 43.5 Å². The lowest BCUT2D eigenvalue weighted by molar-refractivity contribution is -0.142. The Morgan fingerprint density at radius 1 is 1.21 bits per heavy atom. The molecule has 0 radical (unpaired) electrons. The molecule has 0 spiro atoms. The number of rotatable bonds is 3. The van der Waals surface area contributed by atoms with E-state index in [4.69, 9.17) is 27.7 Å². The van der Waals surface area contributed by atoms with Gasteiger partial charge < -0.3 is 37.9 Å². The highest BCUT2D eigenvalue weighted by atomic mass is 16.5. The van der Waals surface area contributed by atoms with Gasteiger partial charge in [0.05, 0.1) is 6.10 Å². The highest BCUT2D eigenvalue weighted by molar-refractivity contribution is 5.25. The van der Waals surface area contributed by atoms with Crippen molar-refractivity contribution in [3.05, 3.63) is 0 Å². The van der Waals surface area contributed by atoms with Gasteiger partial charge in [-0.15, -0.1) is 5.10 Å². The van der Waals surface area contributed by atoms with Gasteiger partial charge in [0.1, 0.15) is 18.9 Å². The first kappa shape index (κ1) is 14.0.